The van der Waals surface area contributed by atoms with E-state index in [4.69, 9.17) is 14.5 Å². The first-order chi connectivity index (χ1) is 9.81. The Morgan fingerprint density at radius 1 is 1.38 bits per heavy atom. The number of ether oxygens (including phenoxy) is 2. The van der Waals surface area contributed by atoms with Crippen LogP contribution in [0, 0.1) is 12.3 Å². The van der Waals surface area contributed by atoms with Gasteiger partial charge in [-0.1, -0.05) is 39.8 Å². The van der Waals surface area contributed by atoms with Crippen molar-refractivity contribution in [1.82, 2.24) is 0 Å². The minimum Gasteiger partial charge on any atom is -0.496 e. The van der Waals surface area contributed by atoms with E-state index in [1.54, 1.807) is 7.11 Å². The van der Waals surface area contributed by atoms with Crippen LogP contribution in [0.4, 0.5) is 0 Å². The van der Waals surface area contributed by atoms with Gasteiger partial charge in [-0.15, -0.1) is 0 Å². The highest BCUT2D eigenvalue weighted by Gasteiger charge is 2.30. The van der Waals surface area contributed by atoms with Gasteiger partial charge in [0, 0.05) is 6.42 Å². The Kier molecular flexibility index (Phi) is 4.60. The summed E-state index contributed by atoms with van der Waals surface area (Å²) in [4.78, 5) is 4.75. The summed E-state index contributed by atoms with van der Waals surface area (Å²) in [6.45, 7) is 11.6. The summed E-state index contributed by atoms with van der Waals surface area (Å²) in [6, 6.07) is 6.67. The number of aryl methyl sites for hydroxylation is 1. The Morgan fingerprint density at radius 2 is 2.10 bits per heavy atom. The largest absolute Gasteiger partial charge is 0.496 e. The number of nitrogens with zero attached hydrogens (tertiary/aromatic N) is 1. The summed E-state index contributed by atoms with van der Waals surface area (Å²) >= 11 is 0. The molecule has 1 aromatic carbocycles. The van der Waals surface area contributed by atoms with E-state index in [0.717, 1.165) is 23.6 Å². The second-order valence-corrected chi connectivity index (χ2v) is 7.05. The maximum absolute atomic E-state index is 5.78. The Morgan fingerprint density at radius 3 is 2.67 bits per heavy atom. The molecule has 0 amide bonds. The zero-order valence-electron chi connectivity index (χ0n) is 14.1. The van der Waals surface area contributed by atoms with Crippen molar-refractivity contribution in [2.75, 3.05) is 13.7 Å². The summed E-state index contributed by atoms with van der Waals surface area (Å²) in [5, 5.41) is 0. The molecule has 1 aliphatic rings. The van der Waals surface area contributed by atoms with E-state index >= 15 is 0 Å². The fourth-order valence-electron chi connectivity index (χ4n) is 2.50. The lowest BCUT2D eigenvalue weighted by Crippen LogP contribution is -2.25. The van der Waals surface area contributed by atoms with Gasteiger partial charge in [0.25, 0.3) is 0 Å². The van der Waals surface area contributed by atoms with Crippen molar-refractivity contribution in [2.24, 2.45) is 10.4 Å². The molecule has 21 heavy (non-hydrogen) atoms. The molecule has 116 valence electrons. The fraction of sp³-hybridized carbons (Fsp3) is 0.611. The van der Waals surface area contributed by atoms with Crippen molar-refractivity contribution in [3.63, 3.8) is 0 Å². The molecule has 0 radical (unpaired) electrons. The molecule has 0 spiro atoms. The van der Waals surface area contributed by atoms with Crippen LogP contribution >= 0.6 is 0 Å². The van der Waals surface area contributed by atoms with Crippen LogP contribution in [-0.4, -0.2) is 25.7 Å². The summed E-state index contributed by atoms with van der Waals surface area (Å²) in [5.41, 5.74) is 2.59. The van der Waals surface area contributed by atoms with Crippen LogP contribution in [0.25, 0.3) is 0 Å². The molecule has 0 saturated carbocycles. The molecule has 2 rings (SSSR count). The molecule has 2 atom stereocenters. The zero-order chi connectivity index (χ0) is 15.6. The number of hydrogen-bond acceptors (Lipinski definition) is 3. The SMILES string of the molecule is COc1cc([C@@H](C)CC2=N[C@@H](C(C)(C)C)CO2)ccc1C. The van der Waals surface area contributed by atoms with Crippen LogP contribution in [0.3, 0.4) is 0 Å². The van der Waals surface area contributed by atoms with Gasteiger partial charge in [-0.2, -0.15) is 0 Å². The van der Waals surface area contributed by atoms with Crippen LogP contribution in [0.15, 0.2) is 23.2 Å². The van der Waals surface area contributed by atoms with E-state index in [2.05, 4.69) is 52.8 Å². The average molecular weight is 289 g/mol. The molecular weight excluding hydrogens is 262 g/mol. The van der Waals surface area contributed by atoms with E-state index < -0.39 is 0 Å². The zero-order valence-corrected chi connectivity index (χ0v) is 14.1. The van der Waals surface area contributed by atoms with Gasteiger partial charge in [-0.3, -0.25) is 0 Å². The van der Waals surface area contributed by atoms with Gasteiger partial charge in [0.2, 0.25) is 0 Å². The third-order valence-corrected chi connectivity index (χ3v) is 4.19. The topological polar surface area (TPSA) is 30.8 Å². The molecule has 3 heteroatoms. The van der Waals surface area contributed by atoms with Crippen molar-refractivity contribution in [3.8, 4) is 5.75 Å². The molecule has 1 aromatic rings. The lowest BCUT2D eigenvalue weighted by Gasteiger charge is -2.21. The highest BCUT2D eigenvalue weighted by molar-refractivity contribution is 5.78. The van der Waals surface area contributed by atoms with Crippen LogP contribution < -0.4 is 4.74 Å². The Labute approximate surface area is 128 Å². The molecule has 1 aliphatic heterocycles. The lowest BCUT2D eigenvalue weighted by atomic mass is 9.88. The summed E-state index contributed by atoms with van der Waals surface area (Å²) in [5.74, 6) is 2.21. The quantitative estimate of drug-likeness (QED) is 0.825. The van der Waals surface area contributed by atoms with E-state index in [-0.39, 0.29) is 11.5 Å². The molecule has 3 nitrogen and oxygen atoms in total. The molecule has 0 bridgehead atoms. The lowest BCUT2D eigenvalue weighted by molar-refractivity contribution is 0.232. The first-order valence-electron chi connectivity index (χ1n) is 7.65. The third-order valence-electron chi connectivity index (χ3n) is 4.19. The average Bonchev–Trinajstić information content (AvgIpc) is 2.87. The molecular formula is C18H27NO2. The maximum atomic E-state index is 5.78. The van der Waals surface area contributed by atoms with Crippen molar-refractivity contribution in [2.45, 2.75) is 53.0 Å². The van der Waals surface area contributed by atoms with Crippen LogP contribution in [0.5, 0.6) is 5.75 Å². The van der Waals surface area contributed by atoms with Gasteiger partial charge in [-0.05, 0) is 35.4 Å². The normalized spacial score (nSPS) is 19.9. The fourth-order valence-corrected chi connectivity index (χ4v) is 2.50. The third kappa shape index (κ3) is 3.78. The maximum Gasteiger partial charge on any atom is 0.184 e. The van der Waals surface area contributed by atoms with Crippen molar-refractivity contribution in [1.29, 1.82) is 0 Å². The van der Waals surface area contributed by atoms with Gasteiger partial charge in [-0.25, -0.2) is 4.99 Å². The predicted molar refractivity (Wildman–Crippen MR) is 87.4 cm³/mol. The van der Waals surface area contributed by atoms with Crippen molar-refractivity contribution >= 4 is 5.90 Å². The van der Waals surface area contributed by atoms with Gasteiger partial charge in [0.15, 0.2) is 5.90 Å². The Balaban J connectivity index is 2.07. The first kappa shape index (κ1) is 15.9. The van der Waals surface area contributed by atoms with Gasteiger partial charge < -0.3 is 9.47 Å². The number of methoxy groups -OCH3 is 1. The second-order valence-electron chi connectivity index (χ2n) is 7.05. The van der Waals surface area contributed by atoms with Crippen molar-refractivity contribution in [3.05, 3.63) is 29.3 Å². The van der Waals surface area contributed by atoms with Gasteiger partial charge in [0.1, 0.15) is 12.4 Å². The first-order valence-corrected chi connectivity index (χ1v) is 7.65. The standard InChI is InChI=1S/C18H27NO2/c1-12-7-8-14(10-15(12)20-6)13(2)9-17-19-16(11-21-17)18(3,4)5/h7-8,10,13,16H,9,11H2,1-6H3/t13-,16+/m0/s1. The smallest absolute Gasteiger partial charge is 0.184 e. The minimum absolute atomic E-state index is 0.165. The molecule has 0 saturated heterocycles. The highest BCUT2D eigenvalue weighted by Crippen LogP contribution is 2.30. The predicted octanol–water partition coefficient (Wildman–Crippen LogP) is 4.34. The minimum atomic E-state index is 0.165. The molecule has 0 unspecified atom stereocenters. The van der Waals surface area contributed by atoms with E-state index in [1.165, 1.54) is 5.56 Å². The number of benzene rings is 1. The van der Waals surface area contributed by atoms with E-state index in [1.807, 2.05) is 0 Å². The molecule has 0 N–H and O–H groups in total. The summed E-state index contributed by atoms with van der Waals surface area (Å²) in [6.07, 6.45) is 0.846. The number of rotatable bonds is 4. The summed E-state index contributed by atoms with van der Waals surface area (Å²) < 4.78 is 11.2. The number of aliphatic imine (C=N–C) groups is 1. The second kappa shape index (κ2) is 6.08. The van der Waals surface area contributed by atoms with Crippen LogP contribution in [0.2, 0.25) is 0 Å². The molecule has 0 aromatic heterocycles. The highest BCUT2D eigenvalue weighted by atomic mass is 16.5. The van der Waals surface area contributed by atoms with Crippen molar-refractivity contribution < 1.29 is 9.47 Å². The number of hydrogen-bond donors (Lipinski definition) is 0. The molecule has 1 heterocycles. The van der Waals surface area contributed by atoms with Crippen LogP contribution in [-0.2, 0) is 4.74 Å². The summed E-state index contributed by atoms with van der Waals surface area (Å²) in [7, 11) is 1.72. The molecule has 0 aliphatic carbocycles. The van der Waals surface area contributed by atoms with E-state index in [9.17, 15) is 0 Å². The monoisotopic (exact) mass is 289 g/mol. The van der Waals surface area contributed by atoms with Gasteiger partial charge >= 0.3 is 0 Å². The molecule has 0 fully saturated rings. The van der Waals surface area contributed by atoms with Gasteiger partial charge in [0.05, 0.1) is 13.2 Å². The Hall–Kier alpha value is -1.51. The Bertz CT molecular complexity index is 529. The van der Waals surface area contributed by atoms with Crippen LogP contribution in [0.1, 0.15) is 51.2 Å². The van der Waals surface area contributed by atoms with E-state index in [0.29, 0.717) is 12.5 Å².